The minimum absolute atomic E-state index is 0.0398. The van der Waals surface area contributed by atoms with E-state index in [9.17, 15) is 14.7 Å². The first-order valence-corrected chi connectivity index (χ1v) is 10.2. The molecule has 0 bridgehead atoms. The van der Waals surface area contributed by atoms with Crippen molar-refractivity contribution in [1.82, 2.24) is 0 Å². The lowest BCUT2D eigenvalue weighted by molar-refractivity contribution is -0.139. The van der Waals surface area contributed by atoms with Crippen molar-refractivity contribution in [2.45, 2.75) is 64.6 Å². The van der Waals surface area contributed by atoms with Gasteiger partial charge in [0.05, 0.1) is 10.9 Å². The van der Waals surface area contributed by atoms with Crippen LogP contribution >= 0.6 is 0 Å². The van der Waals surface area contributed by atoms with Gasteiger partial charge < -0.3 is 19.0 Å². The summed E-state index contributed by atoms with van der Waals surface area (Å²) in [5.74, 6) is 0.219. The van der Waals surface area contributed by atoms with Gasteiger partial charge in [0.2, 0.25) is 0 Å². The molecule has 0 saturated carbocycles. The van der Waals surface area contributed by atoms with Crippen LogP contribution in [0.4, 0.5) is 0 Å². The van der Waals surface area contributed by atoms with Crippen LogP contribution in [-0.4, -0.2) is 22.8 Å². The molecule has 3 atom stereocenters. The van der Waals surface area contributed by atoms with Gasteiger partial charge in [0.15, 0.2) is 0 Å². The number of carbonyl (C=O) groups excluding carboxylic acids is 1. The number of hydrogen-bond donors (Lipinski definition) is 1. The third kappa shape index (κ3) is 3.51. The van der Waals surface area contributed by atoms with Gasteiger partial charge in [-0.15, -0.1) is 0 Å². The van der Waals surface area contributed by atoms with E-state index in [2.05, 4.69) is 6.08 Å². The second kappa shape index (κ2) is 7.35. The highest BCUT2D eigenvalue weighted by molar-refractivity contribution is 5.90. The number of phenolic OH excluding ortho intramolecular Hbond substituents is 1. The standard InChI is InChI=1S/C24H26O6/c1-13(10-17-11-14(2)22(26)28-17)6-5-9-24(4)15(3)20-21(30-24)18-8-7-16(25)12-19(18)29-23(20)27/h6-8,11-12,15,17,25H,5,9-10H2,1-4H3/t15-,17+,24-/m0/s1. The maximum atomic E-state index is 12.6. The molecule has 1 aromatic carbocycles. The first kappa shape index (κ1) is 20.3. The van der Waals surface area contributed by atoms with E-state index in [1.807, 2.05) is 26.8 Å². The van der Waals surface area contributed by atoms with E-state index < -0.39 is 11.2 Å². The molecule has 0 radical (unpaired) electrons. The predicted molar refractivity (Wildman–Crippen MR) is 113 cm³/mol. The molecule has 6 nitrogen and oxygen atoms in total. The summed E-state index contributed by atoms with van der Waals surface area (Å²) >= 11 is 0. The Bertz CT molecular complexity index is 1140. The van der Waals surface area contributed by atoms with Crippen molar-refractivity contribution < 1.29 is 23.8 Å². The smallest absolute Gasteiger partial charge is 0.343 e. The van der Waals surface area contributed by atoms with E-state index in [4.69, 9.17) is 13.9 Å². The summed E-state index contributed by atoms with van der Waals surface area (Å²) in [6.07, 6.45) is 5.98. The van der Waals surface area contributed by atoms with Crippen LogP contribution in [0.5, 0.6) is 11.5 Å². The third-order valence-corrected chi connectivity index (χ3v) is 6.23. The van der Waals surface area contributed by atoms with Gasteiger partial charge in [-0.05, 0) is 51.8 Å². The first-order chi connectivity index (χ1) is 14.2. The SMILES string of the molecule is CC(=CCC[C@]1(C)Oc2c(c(=O)oc3cc(O)ccc23)[C@@H]1C)C[C@@H]1C=C(C)C(=O)O1. The highest BCUT2D eigenvalue weighted by Crippen LogP contribution is 2.48. The highest BCUT2D eigenvalue weighted by atomic mass is 16.5. The molecular formula is C24H26O6. The molecule has 0 saturated heterocycles. The molecule has 2 aliphatic rings. The Hall–Kier alpha value is -3.02. The average molecular weight is 410 g/mol. The van der Waals surface area contributed by atoms with Crippen LogP contribution in [0.2, 0.25) is 0 Å². The monoisotopic (exact) mass is 410 g/mol. The second-order valence-corrected chi connectivity index (χ2v) is 8.54. The quantitative estimate of drug-likeness (QED) is 0.435. The van der Waals surface area contributed by atoms with Gasteiger partial charge in [-0.1, -0.05) is 18.6 Å². The number of carbonyl (C=O) groups is 1. The van der Waals surface area contributed by atoms with E-state index in [0.29, 0.717) is 34.3 Å². The zero-order valence-electron chi connectivity index (χ0n) is 17.7. The van der Waals surface area contributed by atoms with Gasteiger partial charge in [0.1, 0.15) is 28.8 Å². The summed E-state index contributed by atoms with van der Waals surface area (Å²) in [5, 5.41) is 10.4. The maximum absolute atomic E-state index is 12.6. The van der Waals surface area contributed by atoms with Gasteiger partial charge in [-0.3, -0.25) is 0 Å². The van der Waals surface area contributed by atoms with Gasteiger partial charge in [0, 0.05) is 24.0 Å². The molecule has 30 heavy (non-hydrogen) atoms. The van der Waals surface area contributed by atoms with E-state index in [1.165, 1.54) is 6.07 Å². The van der Waals surface area contributed by atoms with E-state index in [0.717, 1.165) is 18.4 Å². The Balaban J connectivity index is 1.49. The van der Waals surface area contributed by atoms with Crippen LogP contribution in [0.3, 0.4) is 0 Å². The minimum Gasteiger partial charge on any atom is -0.508 e. The van der Waals surface area contributed by atoms with Crippen molar-refractivity contribution in [3.63, 3.8) is 0 Å². The Morgan fingerprint density at radius 3 is 2.77 bits per heavy atom. The largest absolute Gasteiger partial charge is 0.508 e. The molecule has 1 N–H and O–H groups in total. The molecule has 0 fully saturated rings. The van der Waals surface area contributed by atoms with Crippen molar-refractivity contribution in [2.75, 3.05) is 0 Å². The van der Waals surface area contributed by atoms with Gasteiger partial charge >= 0.3 is 11.6 Å². The van der Waals surface area contributed by atoms with Crippen molar-refractivity contribution in [3.8, 4) is 11.5 Å². The molecular weight excluding hydrogens is 384 g/mol. The Labute approximate surface area is 174 Å². The number of phenols is 1. The molecule has 0 aliphatic carbocycles. The Morgan fingerprint density at radius 2 is 2.07 bits per heavy atom. The fraction of sp³-hybridized carbons (Fsp3) is 0.417. The van der Waals surface area contributed by atoms with Crippen LogP contribution in [0.25, 0.3) is 11.0 Å². The lowest BCUT2D eigenvalue weighted by Crippen LogP contribution is -2.33. The summed E-state index contributed by atoms with van der Waals surface area (Å²) in [7, 11) is 0. The summed E-state index contributed by atoms with van der Waals surface area (Å²) < 4.78 is 17.1. The first-order valence-electron chi connectivity index (χ1n) is 10.2. The molecule has 2 aliphatic heterocycles. The molecule has 0 unspecified atom stereocenters. The Kier molecular flexibility index (Phi) is 4.96. The summed E-state index contributed by atoms with van der Waals surface area (Å²) in [6, 6.07) is 4.70. The number of cyclic esters (lactones) is 1. The van der Waals surface area contributed by atoms with Crippen LogP contribution in [0.15, 0.2) is 50.7 Å². The number of allylic oxidation sites excluding steroid dienone is 1. The number of rotatable bonds is 5. The van der Waals surface area contributed by atoms with E-state index in [-0.39, 0.29) is 23.7 Å². The normalized spacial score (nSPS) is 25.8. The van der Waals surface area contributed by atoms with Crippen molar-refractivity contribution >= 4 is 16.9 Å². The summed E-state index contributed by atoms with van der Waals surface area (Å²) in [4.78, 5) is 24.1. The molecule has 6 heteroatoms. The summed E-state index contributed by atoms with van der Waals surface area (Å²) in [6.45, 7) is 7.79. The van der Waals surface area contributed by atoms with E-state index in [1.54, 1.807) is 19.1 Å². The molecule has 3 heterocycles. The molecule has 0 amide bonds. The molecule has 1 aromatic heterocycles. The topological polar surface area (TPSA) is 86.0 Å². The van der Waals surface area contributed by atoms with Crippen LogP contribution in [0.1, 0.15) is 58.4 Å². The third-order valence-electron chi connectivity index (χ3n) is 6.23. The van der Waals surface area contributed by atoms with Gasteiger partial charge in [-0.25, -0.2) is 9.59 Å². The number of fused-ring (bicyclic) bond motifs is 3. The number of hydrogen-bond acceptors (Lipinski definition) is 6. The van der Waals surface area contributed by atoms with Crippen molar-refractivity contribution in [2.24, 2.45) is 0 Å². The number of aromatic hydroxyl groups is 1. The lowest BCUT2D eigenvalue weighted by Gasteiger charge is -2.28. The fourth-order valence-electron chi connectivity index (χ4n) is 4.27. The lowest BCUT2D eigenvalue weighted by atomic mass is 9.84. The minimum atomic E-state index is -0.545. The molecule has 158 valence electrons. The maximum Gasteiger partial charge on any atom is 0.343 e. The Morgan fingerprint density at radius 1 is 1.30 bits per heavy atom. The van der Waals surface area contributed by atoms with Crippen LogP contribution in [0, 0.1) is 0 Å². The number of esters is 1. The van der Waals surface area contributed by atoms with E-state index >= 15 is 0 Å². The van der Waals surface area contributed by atoms with Crippen molar-refractivity contribution in [3.05, 3.63) is 57.5 Å². The highest BCUT2D eigenvalue weighted by Gasteiger charge is 2.44. The summed E-state index contributed by atoms with van der Waals surface area (Å²) in [5.41, 5.74) is 1.71. The average Bonchev–Trinajstić information content (AvgIpc) is 3.11. The number of ether oxygens (including phenoxy) is 2. The molecule has 0 spiro atoms. The molecule has 2 aromatic rings. The predicted octanol–water partition coefficient (Wildman–Crippen LogP) is 4.74. The number of benzene rings is 1. The van der Waals surface area contributed by atoms with Gasteiger partial charge in [-0.2, -0.15) is 0 Å². The zero-order valence-corrected chi connectivity index (χ0v) is 17.7. The zero-order chi connectivity index (χ0) is 21.6. The van der Waals surface area contributed by atoms with Crippen LogP contribution in [-0.2, 0) is 9.53 Å². The fourth-order valence-corrected chi connectivity index (χ4v) is 4.27. The van der Waals surface area contributed by atoms with Crippen LogP contribution < -0.4 is 10.4 Å². The van der Waals surface area contributed by atoms with Crippen molar-refractivity contribution in [1.29, 1.82) is 0 Å². The molecule has 4 rings (SSSR count). The second-order valence-electron chi connectivity index (χ2n) is 8.54. The van der Waals surface area contributed by atoms with Gasteiger partial charge in [0.25, 0.3) is 0 Å².